The van der Waals surface area contributed by atoms with E-state index < -0.39 is 5.97 Å². The normalized spacial score (nSPS) is 13.5. The lowest BCUT2D eigenvalue weighted by Gasteiger charge is -2.10. The molecule has 0 bridgehead atoms. The van der Waals surface area contributed by atoms with Gasteiger partial charge in [-0.25, -0.2) is 14.8 Å². The van der Waals surface area contributed by atoms with Crippen LogP contribution in [0.1, 0.15) is 41.1 Å². The Morgan fingerprint density at radius 2 is 1.94 bits per heavy atom. The van der Waals surface area contributed by atoms with E-state index in [1.165, 1.54) is 11.3 Å². The number of fused-ring (bicyclic) bond motifs is 2. The van der Waals surface area contributed by atoms with Crippen molar-refractivity contribution >= 4 is 28.2 Å². The lowest BCUT2D eigenvalue weighted by Crippen LogP contribution is -2.24. The quantitative estimate of drug-likeness (QED) is 0.442. The molecule has 2 aromatic carbocycles. The third kappa shape index (κ3) is 4.01. The molecule has 0 N–H and O–H groups in total. The predicted molar refractivity (Wildman–Crippen MR) is 120 cm³/mol. The predicted octanol–water partition coefficient (Wildman–Crippen LogP) is 4.60. The third-order valence-corrected chi connectivity index (χ3v) is 6.42. The summed E-state index contributed by atoms with van der Waals surface area (Å²) in [7, 11) is 0. The number of esters is 1. The van der Waals surface area contributed by atoms with Crippen molar-refractivity contribution in [1.82, 2.24) is 14.5 Å². The number of thiazole rings is 1. The Morgan fingerprint density at radius 1 is 1.06 bits per heavy atom. The monoisotopic (exact) mass is 431 g/mol. The molecule has 1 aliphatic rings. The highest BCUT2D eigenvalue weighted by Crippen LogP contribution is 2.24. The summed E-state index contributed by atoms with van der Waals surface area (Å²) in [5.41, 5.74) is 2.65. The van der Waals surface area contributed by atoms with Crippen molar-refractivity contribution in [3.63, 3.8) is 0 Å². The second kappa shape index (κ2) is 8.43. The van der Waals surface area contributed by atoms with E-state index >= 15 is 0 Å². The van der Waals surface area contributed by atoms with E-state index in [2.05, 4.69) is 9.97 Å². The first-order valence-corrected chi connectivity index (χ1v) is 11.3. The van der Waals surface area contributed by atoms with Crippen LogP contribution in [0.4, 0.5) is 0 Å². The van der Waals surface area contributed by atoms with Crippen molar-refractivity contribution in [2.45, 2.75) is 38.8 Å². The van der Waals surface area contributed by atoms with Gasteiger partial charge in [0.1, 0.15) is 17.4 Å². The molecule has 0 fully saturated rings. The maximum atomic E-state index is 12.8. The topological polar surface area (TPSA) is 74.1 Å². The fourth-order valence-corrected chi connectivity index (χ4v) is 4.67. The van der Waals surface area contributed by atoms with E-state index in [-0.39, 0.29) is 12.2 Å². The van der Waals surface area contributed by atoms with E-state index in [1.807, 2.05) is 35.7 Å². The van der Waals surface area contributed by atoms with Crippen molar-refractivity contribution < 1.29 is 9.53 Å². The van der Waals surface area contributed by atoms with Crippen LogP contribution < -0.4 is 5.56 Å². The Kier molecular flexibility index (Phi) is 5.34. The summed E-state index contributed by atoms with van der Waals surface area (Å²) in [4.78, 5) is 34.7. The van der Waals surface area contributed by atoms with Crippen molar-refractivity contribution in [3.8, 4) is 10.6 Å². The molecule has 0 radical (unpaired) electrons. The van der Waals surface area contributed by atoms with Gasteiger partial charge >= 0.3 is 5.97 Å². The summed E-state index contributed by atoms with van der Waals surface area (Å²) in [5.74, 6) is 0.351. The minimum absolute atomic E-state index is 0.0299. The maximum Gasteiger partial charge on any atom is 0.338 e. The zero-order valence-electron chi connectivity index (χ0n) is 16.9. The highest BCUT2D eigenvalue weighted by atomic mass is 32.1. The molecule has 3 heterocycles. The molecular weight excluding hydrogens is 410 g/mol. The molecule has 156 valence electrons. The molecule has 31 heavy (non-hydrogen) atoms. The van der Waals surface area contributed by atoms with E-state index in [0.29, 0.717) is 28.7 Å². The molecule has 0 saturated heterocycles. The Balaban J connectivity index is 1.34. The van der Waals surface area contributed by atoms with Crippen molar-refractivity contribution in [2.75, 3.05) is 0 Å². The van der Waals surface area contributed by atoms with Gasteiger partial charge in [0.05, 0.1) is 22.2 Å². The van der Waals surface area contributed by atoms with Crippen LogP contribution in [0.15, 0.2) is 58.7 Å². The minimum Gasteiger partial charge on any atom is -0.456 e. The maximum absolute atomic E-state index is 12.8. The van der Waals surface area contributed by atoms with E-state index in [1.54, 1.807) is 22.8 Å². The van der Waals surface area contributed by atoms with Gasteiger partial charge in [-0.15, -0.1) is 11.3 Å². The number of nitrogens with zero attached hydrogens (tertiary/aromatic N) is 3. The summed E-state index contributed by atoms with van der Waals surface area (Å²) >= 11 is 1.52. The summed E-state index contributed by atoms with van der Waals surface area (Å²) < 4.78 is 7.25. The van der Waals surface area contributed by atoms with Crippen LogP contribution in [0.5, 0.6) is 0 Å². The van der Waals surface area contributed by atoms with Gasteiger partial charge in [0.15, 0.2) is 0 Å². The fraction of sp³-hybridized carbons (Fsp3) is 0.250. The molecule has 0 unspecified atom stereocenters. The average Bonchev–Trinajstić information content (AvgIpc) is 3.15. The number of ether oxygens (including phenoxy) is 1. The van der Waals surface area contributed by atoms with Crippen LogP contribution in [0.25, 0.3) is 21.5 Å². The van der Waals surface area contributed by atoms with Crippen LogP contribution in [-0.2, 0) is 24.3 Å². The van der Waals surface area contributed by atoms with Crippen LogP contribution in [0.3, 0.4) is 0 Å². The molecular formula is C24H21N3O3S. The Morgan fingerprint density at radius 3 is 2.81 bits per heavy atom. The van der Waals surface area contributed by atoms with Gasteiger partial charge in [-0.05, 0) is 31.0 Å². The minimum atomic E-state index is -0.451. The zero-order valence-corrected chi connectivity index (χ0v) is 17.7. The molecule has 2 aromatic heterocycles. The van der Waals surface area contributed by atoms with Crippen molar-refractivity contribution in [2.24, 2.45) is 0 Å². The number of aryl methyl sites for hydroxylation is 1. The fourth-order valence-electron chi connectivity index (χ4n) is 3.85. The molecule has 1 aliphatic heterocycles. The Hall–Kier alpha value is -3.32. The van der Waals surface area contributed by atoms with Gasteiger partial charge in [0.2, 0.25) is 0 Å². The number of benzene rings is 2. The molecule has 7 heteroatoms. The highest BCUT2D eigenvalue weighted by Gasteiger charge is 2.16. The number of carbonyl (C=O) groups excluding carboxylic acids is 1. The smallest absolute Gasteiger partial charge is 0.338 e. The van der Waals surface area contributed by atoms with E-state index in [0.717, 1.165) is 42.1 Å². The summed E-state index contributed by atoms with van der Waals surface area (Å²) in [5, 5.41) is 3.32. The number of aromatic nitrogens is 3. The lowest BCUT2D eigenvalue weighted by atomic mass is 10.1. The first kappa shape index (κ1) is 19.6. The number of hydrogen-bond donors (Lipinski definition) is 0. The molecule has 0 amide bonds. The Bertz CT molecular complexity index is 1310. The number of rotatable bonds is 4. The van der Waals surface area contributed by atoms with Crippen LogP contribution in [0.2, 0.25) is 0 Å². The standard InChI is InChI=1S/C24H21N3O3S/c28-23-19-11-10-17(13-20(19)26-21-9-5-2-6-12-27(21)23)24(29)30-14-18-15-31-22(25-18)16-7-3-1-4-8-16/h1,3-4,7-8,10-11,13,15H,2,5-6,9,12,14H2. The second-order valence-corrected chi connectivity index (χ2v) is 8.47. The second-order valence-electron chi connectivity index (χ2n) is 7.61. The van der Waals surface area contributed by atoms with Gasteiger partial charge in [0.25, 0.3) is 5.56 Å². The number of hydrogen-bond acceptors (Lipinski definition) is 6. The van der Waals surface area contributed by atoms with Crippen molar-refractivity contribution in [1.29, 1.82) is 0 Å². The van der Waals surface area contributed by atoms with Crippen LogP contribution in [0, 0.1) is 0 Å². The van der Waals surface area contributed by atoms with E-state index in [4.69, 9.17) is 4.74 Å². The summed E-state index contributed by atoms with van der Waals surface area (Å²) in [6, 6.07) is 14.9. The first-order chi connectivity index (χ1) is 15.2. The van der Waals surface area contributed by atoms with Crippen LogP contribution in [-0.4, -0.2) is 20.5 Å². The lowest BCUT2D eigenvalue weighted by molar-refractivity contribution is 0.0468. The zero-order chi connectivity index (χ0) is 21.2. The van der Waals surface area contributed by atoms with Gasteiger partial charge in [-0.1, -0.05) is 36.8 Å². The molecule has 4 aromatic rings. The summed E-state index contributed by atoms with van der Waals surface area (Å²) in [6.07, 6.45) is 3.90. The highest BCUT2D eigenvalue weighted by molar-refractivity contribution is 7.13. The van der Waals surface area contributed by atoms with Crippen LogP contribution >= 0.6 is 11.3 Å². The van der Waals surface area contributed by atoms with Gasteiger partial charge in [-0.3, -0.25) is 9.36 Å². The third-order valence-electron chi connectivity index (χ3n) is 5.48. The van der Waals surface area contributed by atoms with Gasteiger partial charge in [0, 0.05) is 23.9 Å². The van der Waals surface area contributed by atoms with E-state index in [9.17, 15) is 9.59 Å². The molecule has 0 saturated carbocycles. The van der Waals surface area contributed by atoms with Gasteiger partial charge in [-0.2, -0.15) is 0 Å². The SMILES string of the molecule is O=C(OCc1csc(-c2ccccc2)n1)c1ccc2c(=O)n3c(nc2c1)CCCCC3. The molecule has 6 nitrogen and oxygen atoms in total. The average molecular weight is 432 g/mol. The molecule has 0 aliphatic carbocycles. The molecule has 0 atom stereocenters. The largest absolute Gasteiger partial charge is 0.456 e. The first-order valence-electron chi connectivity index (χ1n) is 10.4. The number of carbonyl (C=O) groups is 1. The molecule has 5 rings (SSSR count). The summed E-state index contributed by atoms with van der Waals surface area (Å²) in [6.45, 7) is 0.806. The van der Waals surface area contributed by atoms with Crippen molar-refractivity contribution in [3.05, 3.63) is 81.3 Å². The Labute approximate surface area is 183 Å². The molecule has 0 spiro atoms. The van der Waals surface area contributed by atoms with Gasteiger partial charge < -0.3 is 4.74 Å².